The maximum Gasteiger partial charge on any atom is 0.140 e. The van der Waals surface area contributed by atoms with E-state index in [9.17, 15) is 9.59 Å². The fourth-order valence-corrected chi connectivity index (χ4v) is 2.24. The van der Waals surface area contributed by atoms with Gasteiger partial charge in [0.05, 0.1) is 6.42 Å². The van der Waals surface area contributed by atoms with E-state index in [0.717, 1.165) is 5.56 Å². The summed E-state index contributed by atoms with van der Waals surface area (Å²) in [5.41, 5.74) is 1.06. The molecule has 0 amide bonds. The second-order valence-corrected chi connectivity index (χ2v) is 7.25. The lowest BCUT2D eigenvalue weighted by Crippen LogP contribution is -2.11. The van der Waals surface area contributed by atoms with Crippen molar-refractivity contribution in [2.45, 2.75) is 22.5 Å². The third-order valence-corrected chi connectivity index (χ3v) is 3.93. The number of rotatable bonds is 6. The van der Waals surface area contributed by atoms with E-state index in [4.69, 9.17) is 0 Å². The van der Waals surface area contributed by atoms with E-state index in [1.807, 2.05) is 30.3 Å². The fourth-order valence-electron chi connectivity index (χ4n) is 1.32. The first-order chi connectivity index (χ1) is 7.56. The Hall–Kier alpha value is -0.480. The van der Waals surface area contributed by atoms with Gasteiger partial charge < -0.3 is 4.79 Å². The molecular weight excluding hydrogens is 336 g/mol. The van der Waals surface area contributed by atoms with Crippen LogP contribution in [0.5, 0.6) is 0 Å². The summed E-state index contributed by atoms with van der Waals surface area (Å²) in [5, 5.41) is 0. The van der Waals surface area contributed by atoms with Crippen LogP contribution in [0.15, 0.2) is 30.3 Å². The Kier molecular flexibility index (Phi) is 5.35. The third-order valence-electron chi connectivity index (χ3n) is 2.22. The highest BCUT2D eigenvalue weighted by molar-refractivity contribution is 9.24. The van der Waals surface area contributed by atoms with Crippen molar-refractivity contribution in [3.05, 3.63) is 35.9 Å². The average Bonchev–Trinajstić information content (AvgIpc) is 2.28. The lowest BCUT2D eigenvalue weighted by molar-refractivity contribution is -0.122. The van der Waals surface area contributed by atoms with Crippen molar-refractivity contribution in [2.75, 3.05) is 0 Å². The number of carbonyl (C=O) groups is 2. The molecule has 0 heterocycles. The molecule has 0 saturated heterocycles. The fraction of sp³-hybridized carbons (Fsp3) is 0.333. The van der Waals surface area contributed by atoms with Crippen LogP contribution in [0.1, 0.15) is 24.8 Å². The van der Waals surface area contributed by atoms with Gasteiger partial charge in [-0.05, 0) is 12.0 Å². The van der Waals surface area contributed by atoms with Crippen molar-refractivity contribution in [3.8, 4) is 0 Å². The topological polar surface area (TPSA) is 34.1 Å². The summed E-state index contributed by atoms with van der Waals surface area (Å²) >= 11 is 7.09. The highest BCUT2D eigenvalue weighted by Gasteiger charge is 2.25. The van der Waals surface area contributed by atoms with Gasteiger partial charge >= 0.3 is 0 Å². The summed E-state index contributed by atoms with van der Waals surface area (Å²) in [7, 11) is 0. The molecular formula is C12H12Br2O2. The van der Waals surface area contributed by atoms with Crippen LogP contribution >= 0.6 is 31.9 Å². The second kappa shape index (κ2) is 6.30. The minimum Gasteiger partial charge on any atom is -0.303 e. The van der Waals surface area contributed by atoms with Crippen molar-refractivity contribution in [3.63, 3.8) is 0 Å². The Morgan fingerprint density at radius 3 is 2.44 bits per heavy atom. The molecule has 0 saturated carbocycles. The Balaban J connectivity index is 2.59. The van der Waals surface area contributed by atoms with Gasteiger partial charge in [0.15, 0.2) is 0 Å². The van der Waals surface area contributed by atoms with Gasteiger partial charge in [-0.3, -0.25) is 4.79 Å². The Labute approximate surface area is 112 Å². The quantitative estimate of drug-likeness (QED) is 0.448. The monoisotopic (exact) mass is 346 g/mol. The number of alkyl halides is 2. The van der Waals surface area contributed by atoms with Crippen LogP contribution in [-0.4, -0.2) is 12.1 Å². The molecule has 1 aromatic carbocycles. The molecule has 0 N–H and O–H groups in total. The number of Topliss-reactive ketones (excluding diaryl/α,β-unsaturated/α-hetero) is 1. The van der Waals surface area contributed by atoms with Gasteiger partial charge in [0, 0.05) is 6.42 Å². The van der Waals surface area contributed by atoms with Crippen molar-refractivity contribution in [2.24, 2.45) is 0 Å². The second-order valence-electron chi connectivity index (χ2n) is 3.48. The van der Waals surface area contributed by atoms with Gasteiger partial charge in [0.25, 0.3) is 0 Å². The molecule has 0 bridgehead atoms. The Bertz CT molecular complexity index is 361. The van der Waals surface area contributed by atoms with Crippen LogP contribution in [0, 0.1) is 0 Å². The SMILES string of the molecule is O=CCC(=O)CCC(Br)(Br)c1ccccc1. The van der Waals surface area contributed by atoms with E-state index in [0.29, 0.717) is 19.1 Å². The largest absolute Gasteiger partial charge is 0.303 e. The zero-order valence-corrected chi connectivity index (χ0v) is 11.8. The molecule has 4 heteroatoms. The lowest BCUT2D eigenvalue weighted by atomic mass is 10.1. The van der Waals surface area contributed by atoms with Crippen molar-refractivity contribution < 1.29 is 9.59 Å². The smallest absolute Gasteiger partial charge is 0.140 e. The number of aldehydes is 1. The van der Waals surface area contributed by atoms with Crippen LogP contribution in [0.25, 0.3) is 0 Å². The number of hydrogen-bond donors (Lipinski definition) is 0. The molecule has 1 aromatic rings. The summed E-state index contributed by atoms with van der Waals surface area (Å²) in [5.74, 6) is -0.0331. The summed E-state index contributed by atoms with van der Waals surface area (Å²) in [6, 6.07) is 9.79. The Morgan fingerprint density at radius 1 is 1.25 bits per heavy atom. The number of halogens is 2. The molecule has 86 valence electrons. The number of carbonyl (C=O) groups excluding carboxylic acids is 2. The predicted molar refractivity (Wildman–Crippen MR) is 70.9 cm³/mol. The average molecular weight is 348 g/mol. The number of benzene rings is 1. The molecule has 0 aliphatic heterocycles. The highest BCUT2D eigenvalue weighted by Crippen LogP contribution is 2.42. The molecule has 0 aromatic heterocycles. The van der Waals surface area contributed by atoms with Crippen LogP contribution in [0.4, 0.5) is 0 Å². The minimum absolute atomic E-state index is 0.00483. The highest BCUT2D eigenvalue weighted by atomic mass is 79.9. The van der Waals surface area contributed by atoms with E-state index in [1.165, 1.54) is 0 Å². The number of ketones is 1. The first-order valence-corrected chi connectivity index (χ1v) is 6.53. The summed E-state index contributed by atoms with van der Waals surface area (Å²) in [6.45, 7) is 0. The Morgan fingerprint density at radius 2 is 1.88 bits per heavy atom. The van der Waals surface area contributed by atoms with Gasteiger partial charge in [0.2, 0.25) is 0 Å². The first kappa shape index (κ1) is 13.6. The van der Waals surface area contributed by atoms with Crippen LogP contribution < -0.4 is 0 Å². The van der Waals surface area contributed by atoms with Gasteiger partial charge in [-0.25, -0.2) is 0 Å². The zero-order valence-electron chi connectivity index (χ0n) is 8.66. The van der Waals surface area contributed by atoms with Gasteiger partial charge in [-0.1, -0.05) is 62.2 Å². The maximum atomic E-state index is 11.2. The predicted octanol–water partition coefficient (Wildman–Crippen LogP) is 3.57. The molecule has 0 unspecified atom stereocenters. The van der Waals surface area contributed by atoms with E-state index < -0.39 is 0 Å². The standard InChI is InChI=1S/C12H12Br2O2/c13-12(14,8-6-11(16)7-9-15)10-4-2-1-3-5-10/h1-5,9H,6-8H2. The number of hydrogen-bond acceptors (Lipinski definition) is 2. The molecule has 0 spiro atoms. The van der Waals surface area contributed by atoms with Crippen LogP contribution in [0.2, 0.25) is 0 Å². The molecule has 0 aliphatic carbocycles. The minimum atomic E-state index is -0.389. The van der Waals surface area contributed by atoms with Crippen molar-refractivity contribution in [1.29, 1.82) is 0 Å². The van der Waals surface area contributed by atoms with Crippen LogP contribution in [-0.2, 0) is 12.8 Å². The van der Waals surface area contributed by atoms with Gasteiger partial charge in [-0.2, -0.15) is 0 Å². The van der Waals surface area contributed by atoms with E-state index >= 15 is 0 Å². The normalized spacial score (nSPS) is 11.1. The zero-order chi connectivity index (χ0) is 12.0. The summed E-state index contributed by atoms with van der Waals surface area (Å²) in [4.78, 5) is 21.4. The lowest BCUT2D eigenvalue weighted by Gasteiger charge is -2.20. The van der Waals surface area contributed by atoms with Crippen molar-refractivity contribution in [1.82, 2.24) is 0 Å². The first-order valence-electron chi connectivity index (χ1n) is 4.95. The maximum absolute atomic E-state index is 11.2. The van der Waals surface area contributed by atoms with Gasteiger partial charge in [0.1, 0.15) is 15.3 Å². The summed E-state index contributed by atoms with van der Waals surface area (Å²) in [6.07, 6.45) is 1.65. The summed E-state index contributed by atoms with van der Waals surface area (Å²) < 4.78 is -0.389. The molecule has 2 nitrogen and oxygen atoms in total. The van der Waals surface area contributed by atoms with E-state index in [2.05, 4.69) is 31.9 Å². The molecule has 0 atom stereocenters. The van der Waals surface area contributed by atoms with Gasteiger partial charge in [-0.15, -0.1) is 0 Å². The molecule has 0 radical (unpaired) electrons. The van der Waals surface area contributed by atoms with E-state index in [-0.39, 0.29) is 15.4 Å². The molecule has 1 rings (SSSR count). The molecule has 0 aliphatic rings. The third kappa shape index (κ3) is 4.18. The molecule has 16 heavy (non-hydrogen) atoms. The molecule has 0 fully saturated rings. The van der Waals surface area contributed by atoms with Crippen LogP contribution in [0.3, 0.4) is 0 Å². The van der Waals surface area contributed by atoms with E-state index in [1.54, 1.807) is 0 Å². The van der Waals surface area contributed by atoms with Crippen molar-refractivity contribution >= 4 is 43.9 Å².